The lowest BCUT2D eigenvalue weighted by Gasteiger charge is -2.40. The molecule has 0 saturated carbocycles. The Morgan fingerprint density at radius 3 is 1.47 bits per heavy atom. The Hall–Kier alpha value is -5.83. The van der Waals surface area contributed by atoms with Crippen molar-refractivity contribution in [2.75, 3.05) is 4.90 Å². The molecule has 2 heteroatoms. The van der Waals surface area contributed by atoms with Crippen LogP contribution < -0.4 is 4.90 Å². The molecule has 0 aromatic heterocycles. The van der Waals surface area contributed by atoms with Crippen molar-refractivity contribution in [3.8, 4) is 22.3 Å². The van der Waals surface area contributed by atoms with Crippen LogP contribution in [0.1, 0.15) is 22.3 Å². The molecule has 0 radical (unpaired) electrons. The third-order valence-electron chi connectivity index (χ3n) is 10.3. The topological polar surface area (TPSA) is 3.24 Å². The predicted molar refractivity (Wildman–Crippen MR) is 205 cm³/mol. The Morgan fingerprint density at radius 2 is 0.837 bits per heavy atom. The van der Waals surface area contributed by atoms with E-state index in [4.69, 9.17) is 0 Å². The second kappa shape index (κ2) is 11.1. The van der Waals surface area contributed by atoms with Crippen LogP contribution >= 0.6 is 11.8 Å². The molecule has 1 heterocycles. The van der Waals surface area contributed by atoms with Crippen LogP contribution in [-0.2, 0) is 5.41 Å². The van der Waals surface area contributed by atoms with Gasteiger partial charge in [0.2, 0.25) is 0 Å². The monoisotopic (exact) mass is 641 g/mol. The van der Waals surface area contributed by atoms with E-state index in [9.17, 15) is 0 Å². The summed E-state index contributed by atoms with van der Waals surface area (Å²) in [5, 5.41) is 2.56. The van der Waals surface area contributed by atoms with Gasteiger partial charge < -0.3 is 4.90 Å². The van der Waals surface area contributed by atoms with Crippen LogP contribution in [0.2, 0.25) is 0 Å². The SMILES string of the molecule is c1ccc(N(c2ccccc2)c2ccc(-c3ccc4c(c3)Sc3cc5ccccc5cc3C43c4ccccc4-c4ccccc43)cc2)cc1. The first-order chi connectivity index (χ1) is 24.3. The minimum Gasteiger partial charge on any atom is -0.311 e. The van der Waals surface area contributed by atoms with Crippen molar-refractivity contribution in [1.82, 2.24) is 0 Å². The molecular formula is C47H31NS. The molecule has 10 rings (SSSR count). The molecule has 8 aromatic carbocycles. The van der Waals surface area contributed by atoms with Crippen LogP contribution in [0.15, 0.2) is 198 Å². The van der Waals surface area contributed by atoms with Gasteiger partial charge in [0, 0.05) is 26.9 Å². The van der Waals surface area contributed by atoms with Crippen LogP contribution in [-0.4, -0.2) is 0 Å². The molecule has 8 aromatic rings. The van der Waals surface area contributed by atoms with Gasteiger partial charge in [0.25, 0.3) is 0 Å². The summed E-state index contributed by atoms with van der Waals surface area (Å²) in [7, 11) is 0. The molecule has 2 aliphatic rings. The number of rotatable bonds is 4. The molecule has 1 aliphatic heterocycles. The van der Waals surface area contributed by atoms with E-state index < -0.39 is 0 Å². The summed E-state index contributed by atoms with van der Waals surface area (Å²) in [4.78, 5) is 4.95. The third-order valence-corrected chi connectivity index (χ3v) is 11.4. The molecule has 0 amide bonds. The fraction of sp³-hybridized carbons (Fsp3) is 0.0213. The minimum absolute atomic E-state index is 0.388. The van der Waals surface area contributed by atoms with Crippen LogP contribution in [0.25, 0.3) is 33.0 Å². The van der Waals surface area contributed by atoms with E-state index in [1.54, 1.807) is 0 Å². The highest BCUT2D eigenvalue weighted by atomic mass is 32.2. The first-order valence-corrected chi connectivity index (χ1v) is 17.7. The van der Waals surface area contributed by atoms with Gasteiger partial charge in [-0.15, -0.1) is 0 Å². The summed E-state index contributed by atoms with van der Waals surface area (Å²) in [6, 6.07) is 69.1. The first kappa shape index (κ1) is 28.2. The summed E-state index contributed by atoms with van der Waals surface area (Å²) >= 11 is 1.91. The van der Waals surface area contributed by atoms with Gasteiger partial charge in [-0.3, -0.25) is 0 Å². The number of nitrogens with zero attached hydrogens (tertiary/aromatic N) is 1. The van der Waals surface area contributed by atoms with Crippen LogP contribution in [0, 0.1) is 0 Å². The van der Waals surface area contributed by atoms with Gasteiger partial charge in [0.05, 0.1) is 5.41 Å². The lowest BCUT2D eigenvalue weighted by Crippen LogP contribution is -2.32. The van der Waals surface area contributed by atoms with E-state index >= 15 is 0 Å². The summed E-state index contributed by atoms with van der Waals surface area (Å²) in [6.07, 6.45) is 0. The van der Waals surface area contributed by atoms with E-state index in [1.807, 2.05) is 11.8 Å². The Kier molecular flexibility index (Phi) is 6.40. The van der Waals surface area contributed by atoms with Crippen LogP contribution in [0.5, 0.6) is 0 Å². The van der Waals surface area contributed by atoms with Gasteiger partial charge in [0.15, 0.2) is 0 Å². The molecule has 0 atom stereocenters. The highest BCUT2D eigenvalue weighted by Gasteiger charge is 2.50. The van der Waals surface area contributed by atoms with E-state index in [0.29, 0.717) is 0 Å². The zero-order valence-electron chi connectivity index (χ0n) is 26.8. The van der Waals surface area contributed by atoms with Gasteiger partial charge >= 0.3 is 0 Å². The van der Waals surface area contributed by atoms with Gasteiger partial charge in [0.1, 0.15) is 0 Å². The van der Waals surface area contributed by atoms with Crippen molar-refractivity contribution in [1.29, 1.82) is 0 Å². The van der Waals surface area contributed by atoms with Gasteiger partial charge in [-0.1, -0.05) is 145 Å². The molecular weight excluding hydrogens is 611 g/mol. The largest absolute Gasteiger partial charge is 0.311 e. The van der Waals surface area contributed by atoms with E-state index in [2.05, 4.69) is 193 Å². The smallest absolute Gasteiger partial charge is 0.0735 e. The molecule has 1 aliphatic carbocycles. The van der Waals surface area contributed by atoms with E-state index in [-0.39, 0.29) is 5.41 Å². The quantitative estimate of drug-likeness (QED) is 0.188. The normalized spacial score (nSPS) is 13.4. The van der Waals surface area contributed by atoms with Gasteiger partial charge in [-0.25, -0.2) is 0 Å². The number of para-hydroxylation sites is 2. The van der Waals surface area contributed by atoms with Crippen LogP contribution in [0.3, 0.4) is 0 Å². The van der Waals surface area contributed by atoms with Crippen molar-refractivity contribution < 1.29 is 0 Å². The zero-order valence-corrected chi connectivity index (χ0v) is 27.6. The predicted octanol–water partition coefficient (Wildman–Crippen LogP) is 12.8. The summed E-state index contributed by atoms with van der Waals surface area (Å²) in [5.74, 6) is 0. The summed E-state index contributed by atoms with van der Waals surface area (Å²) < 4.78 is 0. The van der Waals surface area contributed by atoms with E-state index in [0.717, 1.165) is 17.1 Å². The number of anilines is 3. The maximum absolute atomic E-state index is 2.46. The molecule has 0 unspecified atom stereocenters. The molecule has 0 bridgehead atoms. The second-order valence-electron chi connectivity index (χ2n) is 12.9. The average molecular weight is 642 g/mol. The maximum atomic E-state index is 2.46. The lowest BCUT2D eigenvalue weighted by atomic mass is 9.67. The summed E-state index contributed by atoms with van der Waals surface area (Å²) in [5.41, 5.74) is 13.6. The second-order valence-corrected chi connectivity index (χ2v) is 14.0. The highest BCUT2D eigenvalue weighted by Crippen LogP contribution is 2.62. The Balaban J connectivity index is 1.14. The van der Waals surface area contributed by atoms with E-state index in [1.165, 1.54) is 65.1 Å². The molecule has 0 saturated heterocycles. The molecule has 49 heavy (non-hydrogen) atoms. The van der Waals surface area contributed by atoms with Crippen molar-refractivity contribution >= 4 is 39.6 Å². The first-order valence-electron chi connectivity index (χ1n) is 16.8. The average Bonchev–Trinajstić information content (AvgIpc) is 3.46. The molecule has 1 spiro atoms. The Morgan fingerprint density at radius 1 is 0.347 bits per heavy atom. The number of hydrogen-bond acceptors (Lipinski definition) is 2. The molecule has 0 fully saturated rings. The standard InChI is InChI=1S/C47H31NS/c1-3-15-36(16-4-1)48(37-17-5-2-6-18-37)38-26-23-32(24-27-38)35-25-28-43-45(31-35)49-46-30-34-14-8-7-13-33(34)29-44(46)47(43)41-21-11-9-19-39(41)40-20-10-12-22-42(40)47/h1-31H. The number of fused-ring (bicyclic) bond motifs is 10. The Bertz CT molecular complexity index is 2430. The van der Waals surface area contributed by atoms with Crippen molar-refractivity contribution in [2.45, 2.75) is 15.2 Å². The fourth-order valence-corrected chi connectivity index (χ4v) is 9.44. The van der Waals surface area contributed by atoms with Crippen LogP contribution in [0.4, 0.5) is 17.1 Å². The summed E-state index contributed by atoms with van der Waals surface area (Å²) in [6.45, 7) is 0. The molecule has 0 N–H and O–H groups in total. The fourth-order valence-electron chi connectivity index (χ4n) is 8.18. The number of hydrogen-bond donors (Lipinski definition) is 0. The third kappa shape index (κ3) is 4.27. The minimum atomic E-state index is -0.388. The van der Waals surface area contributed by atoms with Crippen molar-refractivity contribution in [2.24, 2.45) is 0 Å². The zero-order chi connectivity index (χ0) is 32.4. The lowest BCUT2D eigenvalue weighted by molar-refractivity contribution is 0.724. The van der Waals surface area contributed by atoms with Gasteiger partial charge in [-0.05, 0) is 110 Å². The highest BCUT2D eigenvalue weighted by molar-refractivity contribution is 7.99. The van der Waals surface area contributed by atoms with Crippen molar-refractivity contribution in [3.05, 3.63) is 210 Å². The van der Waals surface area contributed by atoms with Gasteiger partial charge in [-0.2, -0.15) is 0 Å². The molecule has 230 valence electrons. The maximum Gasteiger partial charge on any atom is 0.0735 e. The number of benzene rings is 8. The Labute approximate surface area is 291 Å². The molecule has 1 nitrogen and oxygen atoms in total. The van der Waals surface area contributed by atoms with Crippen molar-refractivity contribution in [3.63, 3.8) is 0 Å².